The highest BCUT2D eigenvalue weighted by atomic mass is 16.5. The van der Waals surface area contributed by atoms with Gasteiger partial charge in [0, 0.05) is 5.56 Å². The van der Waals surface area contributed by atoms with Crippen LogP contribution in [0.4, 0.5) is 0 Å². The molecular weight excluding hydrogens is 292 g/mol. The summed E-state index contributed by atoms with van der Waals surface area (Å²) in [7, 11) is 1.27. The predicted octanol–water partition coefficient (Wildman–Crippen LogP) is 1.90. The SMILES string of the molecule is CCC(C)OC(=O)C(C(=O)O)c1c(OC)cccc1C(=O)O. The van der Waals surface area contributed by atoms with Crippen LogP contribution in [-0.4, -0.2) is 41.3 Å². The van der Waals surface area contributed by atoms with Crippen molar-refractivity contribution in [3.05, 3.63) is 29.3 Å². The number of hydrogen-bond donors (Lipinski definition) is 2. The Morgan fingerprint density at radius 2 is 1.86 bits per heavy atom. The van der Waals surface area contributed by atoms with E-state index in [1.54, 1.807) is 13.8 Å². The topological polar surface area (TPSA) is 110 Å². The molecule has 0 aromatic heterocycles. The molecule has 7 nitrogen and oxygen atoms in total. The van der Waals surface area contributed by atoms with E-state index in [2.05, 4.69) is 0 Å². The predicted molar refractivity (Wildman–Crippen MR) is 76.2 cm³/mol. The van der Waals surface area contributed by atoms with E-state index in [0.29, 0.717) is 6.42 Å². The molecule has 2 atom stereocenters. The van der Waals surface area contributed by atoms with Crippen molar-refractivity contribution in [3.63, 3.8) is 0 Å². The molecule has 0 spiro atoms. The number of ether oxygens (including phenoxy) is 2. The van der Waals surface area contributed by atoms with Crippen LogP contribution in [0.3, 0.4) is 0 Å². The van der Waals surface area contributed by atoms with Crippen LogP contribution >= 0.6 is 0 Å². The molecule has 0 heterocycles. The Morgan fingerprint density at radius 3 is 2.32 bits per heavy atom. The van der Waals surface area contributed by atoms with Gasteiger partial charge in [0.05, 0.1) is 18.8 Å². The van der Waals surface area contributed by atoms with Crippen molar-refractivity contribution < 1.29 is 34.1 Å². The molecule has 0 aliphatic rings. The molecule has 22 heavy (non-hydrogen) atoms. The monoisotopic (exact) mass is 310 g/mol. The van der Waals surface area contributed by atoms with E-state index >= 15 is 0 Å². The third-order valence-electron chi connectivity index (χ3n) is 3.18. The first kappa shape index (κ1) is 17.5. The highest BCUT2D eigenvalue weighted by Crippen LogP contribution is 2.32. The average molecular weight is 310 g/mol. The number of carboxylic acids is 2. The summed E-state index contributed by atoms with van der Waals surface area (Å²) < 4.78 is 10.1. The lowest BCUT2D eigenvalue weighted by atomic mass is 9.93. The minimum absolute atomic E-state index is 0.00778. The number of methoxy groups -OCH3 is 1. The fourth-order valence-corrected chi connectivity index (χ4v) is 1.90. The Balaban J connectivity index is 3.41. The van der Waals surface area contributed by atoms with Gasteiger partial charge >= 0.3 is 17.9 Å². The molecule has 0 aliphatic heterocycles. The van der Waals surface area contributed by atoms with Crippen molar-refractivity contribution in [1.29, 1.82) is 0 Å². The summed E-state index contributed by atoms with van der Waals surface area (Å²) in [6.45, 7) is 3.40. The fourth-order valence-electron chi connectivity index (χ4n) is 1.90. The largest absolute Gasteiger partial charge is 0.496 e. The smallest absolute Gasteiger partial charge is 0.336 e. The van der Waals surface area contributed by atoms with Crippen molar-refractivity contribution in [2.45, 2.75) is 32.3 Å². The summed E-state index contributed by atoms with van der Waals surface area (Å²) in [6, 6.07) is 4.02. The van der Waals surface area contributed by atoms with Crippen LogP contribution in [0, 0.1) is 0 Å². The highest BCUT2D eigenvalue weighted by molar-refractivity contribution is 6.04. The Morgan fingerprint density at radius 1 is 1.23 bits per heavy atom. The van der Waals surface area contributed by atoms with Gasteiger partial charge in [-0.2, -0.15) is 0 Å². The summed E-state index contributed by atoms with van der Waals surface area (Å²) in [6.07, 6.45) is 0.0350. The molecule has 0 fully saturated rings. The number of carbonyl (C=O) groups is 3. The van der Waals surface area contributed by atoms with E-state index in [1.165, 1.54) is 25.3 Å². The standard InChI is InChI=1S/C15H18O7/c1-4-8(2)22-15(20)12(14(18)19)11-9(13(16)17)6-5-7-10(11)21-3/h5-8,12H,4H2,1-3H3,(H,16,17)(H,18,19). The molecule has 1 aromatic rings. The summed E-state index contributed by atoms with van der Waals surface area (Å²) in [5.41, 5.74) is -0.536. The van der Waals surface area contributed by atoms with Crippen molar-refractivity contribution in [2.75, 3.05) is 7.11 Å². The quantitative estimate of drug-likeness (QED) is 0.584. The number of benzene rings is 1. The Kier molecular flexibility index (Phi) is 5.91. The molecule has 1 rings (SSSR count). The van der Waals surface area contributed by atoms with Gasteiger partial charge in [-0.05, 0) is 25.5 Å². The van der Waals surface area contributed by atoms with Crippen LogP contribution in [0.5, 0.6) is 5.75 Å². The Bertz CT molecular complexity index is 579. The van der Waals surface area contributed by atoms with Gasteiger partial charge in [0.15, 0.2) is 5.92 Å². The second-order valence-electron chi connectivity index (χ2n) is 4.65. The number of aromatic carboxylic acids is 1. The van der Waals surface area contributed by atoms with Crippen molar-refractivity contribution in [2.24, 2.45) is 0 Å². The lowest BCUT2D eigenvalue weighted by molar-refractivity contribution is -0.157. The highest BCUT2D eigenvalue weighted by Gasteiger charge is 2.36. The third kappa shape index (κ3) is 3.75. The summed E-state index contributed by atoms with van der Waals surface area (Å²) >= 11 is 0. The second kappa shape index (κ2) is 7.44. The lowest BCUT2D eigenvalue weighted by Crippen LogP contribution is -2.28. The maximum atomic E-state index is 12.1. The van der Waals surface area contributed by atoms with E-state index in [-0.39, 0.29) is 16.9 Å². The maximum absolute atomic E-state index is 12.1. The van der Waals surface area contributed by atoms with E-state index in [9.17, 15) is 24.6 Å². The van der Waals surface area contributed by atoms with Crippen molar-refractivity contribution >= 4 is 17.9 Å². The number of rotatable bonds is 7. The van der Waals surface area contributed by atoms with E-state index < -0.39 is 29.9 Å². The van der Waals surface area contributed by atoms with Gasteiger partial charge in [-0.25, -0.2) is 4.79 Å². The van der Waals surface area contributed by atoms with Crippen molar-refractivity contribution in [3.8, 4) is 5.75 Å². The number of esters is 1. The summed E-state index contributed by atoms with van der Waals surface area (Å²) in [5.74, 6) is -5.63. The van der Waals surface area contributed by atoms with Crippen LogP contribution in [0.2, 0.25) is 0 Å². The first-order chi connectivity index (χ1) is 10.3. The Labute approximate surface area is 127 Å². The van der Waals surface area contributed by atoms with Gasteiger partial charge < -0.3 is 19.7 Å². The van der Waals surface area contributed by atoms with Crippen LogP contribution in [0.1, 0.15) is 42.1 Å². The second-order valence-corrected chi connectivity index (χ2v) is 4.65. The van der Waals surface area contributed by atoms with Crippen LogP contribution in [0.15, 0.2) is 18.2 Å². The lowest BCUT2D eigenvalue weighted by Gasteiger charge is -2.19. The van der Waals surface area contributed by atoms with E-state index in [1.807, 2.05) is 0 Å². The molecule has 0 radical (unpaired) electrons. The van der Waals surface area contributed by atoms with Gasteiger partial charge in [-0.15, -0.1) is 0 Å². The van der Waals surface area contributed by atoms with Crippen LogP contribution < -0.4 is 4.74 Å². The molecule has 0 aliphatic carbocycles. The molecule has 2 N–H and O–H groups in total. The van der Waals surface area contributed by atoms with Crippen molar-refractivity contribution in [1.82, 2.24) is 0 Å². The fraction of sp³-hybridized carbons (Fsp3) is 0.400. The minimum Gasteiger partial charge on any atom is -0.496 e. The van der Waals surface area contributed by atoms with Gasteiger partial charge in [0.1, 0.15) is 5.75 Å². The molecular formula is C15H18O7. The van der Waals surface area contributed by atoms with E-state index in [4.69, 9.17) is 9.47 Å². The number of aliphatic carboxylic acids is 1. The number of hydrogen-bond acceptors (Lipinski definition) is 5. The van der Waals surface area contributed by atoms with E-state index in [0.717, 1.165) is 0 Å². The normalized spacial score (nSPS) is 13.0. The zero-order valence-corrected chi connectivity index (χ0v) is 12.5. The molecule has 0 saturated heterocycles. The van der Waals surface area contributed by atoms with Gasteiger partial charge in [-0.1, -0.05) is 13.0 Å². The molecule has 1 aromatic carbocycles. The minimum atomic E-state index is -1.77. The van der Waals surface area contributed by atoms with Crippen LogP contribution in [0.25, 0.3) is 0 Å². The molecule has 0 bridgehead atoms. The van der Waals surface area contributed by atoms with Gasteiger partial charge in [0.2, 0.25) is 0 Å². The summed E-state index contributed by atoms with van der Waals surface area (Å²) in [5, 5.41) is 18.6. The molecule has 120 valence electrons. The van der Waals surface area contributed by atoms with Gasteiger partial charge in [-0.3, -0.25) is 9.59 Å². The number of carboxylic acid groups (broad SMARTS) is 2. The zero-order chi connectivity index (χ0) is 16.9. The molecule has 0 amide bonds. The van der Waals surface area contributed by atoms with Gasteiger partial charge in [0.25, 0.3) is 0 Å². The molecule has 7 heteroatoms. The maximum Gasteiger partial charge on any atom is 0.336 e. The first-order valence-corrected chi connectivity index (χ1v) is 6.66. The number of carbonyl (C=O) groups excluding carboxylic acids is 1. The average Bonchev–Trinajstić information content (AvgIpc) is 2.46. The summed E-state index contributed by atoms with van der Waals surface area (Å²) in [4.78, 5) is 35.0. The third-order valence-corrected chi connectivity index (χ3v) is 3.18. The first-order valence-electron chi connectivity index (χ1n) is 6.66. The molecule has 2 unspecified atom stereocenters. The molecule has 0 saturated carbocycles. The Hall–Kier alpha value is -2.57. The zero-order valence-electron chi connectivity index (χ0n) is 12.5. The van der Waals surface area contributed by atoms with Crippen LogP contribution in [-0.2, 0) is 14.3 Å².